The van der Waals surface area contributed by atoms with E-state index in [1.54, 1.807) is 13.8 Å². The Balaban J connectivity index is 2.88. The van der Waals surface area contributed by atoms with Gasteiger partial charge in [-0.1, -0.05) is 11.3 Å². The standard InChI is InChI=1S/C10H16N4O5S2/c1-6(2)13-8(15)5-12-21(18,19)9-4-7(14(16)17)10(11-3)20-9/h4,6,11-12H,5H2,1-3H3,(H,13,15). The van der Waals surface area contributed by atoms with E-state index in [4.69, 9.17) is 0 Å². The molecule has 9 nitrogen and oxygen atoms in total. The minimum Gasteiger partial charge on any atom is -0.374 e. The summed E-state index contributed by atoms with van der Waals surface area (Å²) in [5.41, 5.74) is -0.325. The number of hydrogen-bond acceptors (Lipinski definition) is 7. The van der Waals surface area contributed by atoms with Gasteiger partial charge >= 0.3 is 5.69 Å². The highest BCUT2D eigenvalue weighted by atomic mass is 32.2. The molecule has 0 spiro atoms. The van der Waals surface area contributed by atoms with Crippen molar-refractivity contribution in [1.82, 2.24) is 10.0 Å². The van der Waals surface area contributed by atoms with Crippen LogP contribution in [-0.2, 0) is 14.8 Å². The van der Waals surface area contributed by atoms with Crippen LogP contribution in [0.3, 0.4) is 0 Å². The first kappa shape index (κ1) is 17.3. The zero-order valence-corrected chi connectivity index (χ0v) is 13.3. The summed E-state index contributed by atoms with van der Waals surface area (Å²) in [6.45, 7) is 3.06. The zero-order chi connectivity index (χ0) is 16.2. The Morgan fingerprint density at radius 2 is 2.10 bits per heavy atom. The Morgan fingerprint density at radius 1 is 1.48 bits per heavy atom. The SMILES string of the molecule is CNc1sc(S(=O)(=O)NCC(=O)NC(C)C)cc1[N+](=O)[O-]. The lowest BCUT2D eigenvalue weighted by molar-refractivity contribution is -0.383. The predicted octanol–water partition coefficient (Wildman–Crippen LogP) is 0.501. The van der Waals surface area contributed by atoms with Crippen molar-refractivity contribution in [2.24, 2.45) is 0 Å². The van der Waals surface area contributed by atoms with E-state index in [-0.39, 0.29) is 20.9 Å². The molecular formula is C10H16N4O5S2. The minimum atomic E-state index is -3.97. The number of nitrogens with zero attached hydrogens (tertiary/aromatic N) is 1. The highest BCUT2D eigenvalue weighted by Crippen LogP contribution is 2.36. The van der Waals surface area contributed by atoms with E-state index in [2.05, 4.69) is 15.4 Å². The van der Waals surface area contributed by atoms with Crippen LogP contribution in [-0.4, -0.2) is 38.9 Å². The van der Waals surface area contributed by atoms with Crippen molar-refractivity contribution in [2.45, 2.75) is 24.1 Å². The molecular weight excluding hydrogens is 320 g/mol. The van der Waals surface area contributed by atoms with E-state index in [0.717, 1.165) is 17.4 Å². The van der Waals surface area contributed by atoms with Crippen LogP contribution in [0.15, 0.2) is 10.3 Å². The van der Waals surface area contributed by atoms with Gasteiger partial charge in [0.05, 0.1) is 11.5 Å². The summed E-state index contributed by atoms with van der Waals surface area (Å²) in [6.07, 6.45) is 0. The summed E-state index contributed by atoms with van der Waals surface area (Å²) in [4.78, 5) is 21.5. The quantitative estimate of drug-likeness (QED) is 0.491. The number of thiophene rings is 1. The molecule has 1 rings (SSSR count). The third-order valence-corrected chi connectivity index (χ3v) is 5.27. The molecule has 0 aliphatic carbocycles. The molecule has 11 heteroatoms. The van der Waals surface area contributed by atoms with Crippen LogP contribution < -0.4 is 15.4 Å². The molecule has 1 aromatic heterocycles. The highest BCUT2D eigenvalue weighted by molar-refractivity contribution is 7.91. The third kappa shape index (κ3) is 4.65. The van der Waals surface area contributed by atoms with Gasteiger partial charge in [0.2, 0.25) is 5.91 Å². The summed E-state index contributed by atoms with van der Waals surface area (Å²) >= 11 is 0.725. The van der Waals surface area contributed by atoms with Crippen molar-refractivity contribution < 1.29 is 18.1 Å². The van der Waals surface area contributed by atoms with Gasteiger partial charge in [-0.2, -0.15) is 0 Å². The lowest BCUT2D eigenvalue weighted by Gasteiger charge is -2.08. The Labute approximate surface area is 125 Å². The van der Waals surface area contributed by atoms with E-state index < -0.39 is 27.4 Å². The number of sulfonamides is 1. The molecule has 3 N–H and O–H groups in total. The van der Waals surface area contributed by atoms with Gasteiger partial charge in [-0.3, -0.25) is 14.9 Å². The number of anilines is 1. The maximum atomic E-state index is 12.0. The summed E-state index contributed by atoms with van der Waals surface area (Å²) < 4.78 is 25.9. The molecule has 118 valence electrons. The number of nitrogens with one attached hydrogen (secondary N) is 3. The van der Waals surface area contributed by atoms with Gasteiger partial charge in [0, 0.05) is 19.2 Å². The molecule has 0 fully saturated rings. The topological polar surface area (TPSA) is 130 Å². The molecule has 0 unspecified atom stereocenters. The second kappa shape index (κ2) is 6.83. The summed E-state index contributed by atoms with van der Waals surface area (Å²) in [6, 6.07) is 0.847. The van der Waals surface area contributed by atoms with Crippen molar-refractivity contribution >= 4 is 38.0 Å². The largest absolute Gasteiger partial charge is 0.374 e. The molecule has 0 saturated heterocycles. The molecule has 0 aliphatic rings. The Kier molecular flexibility index (Phi) is 5.63. The van der Waals surface area contributed by atoms with E-state index in [1.807, 2.05) is 0 Å². The summed E-state index contributed by atoms with van der Waals surface area (Å²) in [5.74, 6) is -0.478. The smallest absolute Gasteiger partial charge is 0.304 e. The van der Waals surface area contributed by atoms with Crippen molar-refractivity contribution in [3.8, 4) is 0 Å². The Hall–Kier alpha value is -1.72. The van der Waals surface area contributed by atoms with E-state index >= 15 is 0 Å². The van der Waals surface area contributed by atoms with Crippen molar-refractivity contribution in [3.05, 3.63) is 16.2 Å². The fourth-order valence-corrected chi connectivity index (χ4v) is 3.72. The van der Waals surface area contributed by atoms with Gasteiger partial charge < -0.3 is 10.6 Å². The van der Waals surface area contributed by atoms with Crippen molar-refractivity contribution in [2.75, 3.05) is 18.9 Å². The number of amides is 1. The number of carbonyl (C=O) groups is 1. The van der Waals surface area contributed by atoms with Crippen LogP contribution in [0.2, 0.25) is 0 Å². The molecule has 1 heterocycles. The van der Waals surface area contributed by atoms with Crippen molar-refractivity contribution in [1.29, 1.82) is 0 Å². The van der Waals surface area contributed by atoms with Gasteiger partial charge in [-0.05, 0) is 13.8 Å². The molecule has 1 aromatic rings. The van der Waals surface area contributed by atoms with Crippen LogP contribution in [0.5, 0.6) is 0 Å². The number of rotatable bonds is 7. The molecule has 0 aromatic carbocycles. The van der Waals surface area contributed by atoms with Gasteiger partial charge in [0.25, 0.3) is 10.0 Å². The molecule has 0 radical (unpaired) electrons. The maximum Gasteiger partial charge on any atom is 0.304 e. The van der Waals surface area contributed by atoms with E-state index in [0.29, 0.717) is 0 Å². The first-order valence-corrected chi connectivity index (χ1v) is 8.22. The molecule has 1 amide bonds. The van der Waals surface area contributed by atoms with E-state index in [1.165, 1.54) is 7.05 Å². The first-order valence-electron chi connectivity index (χ1n) is 5.92. The first-order chi connectivity index (χ1) is 9.67. The fraction of sp³-hybridized carbons (Fsp3) is 0.500. The van der Waals surface area contributed by atoms with Crippen LogP contribution in [0.4, 0.5) is 10.7 Å². The molecule has 0 saturated carbocycles. The van der Waals surface area contributed by atoms with Crippen LogP contribution >= 0.6 is 11.3 Å². The van der Waals surface area contributed by atoms with Gasteiger partial charge in [-0.15, -0.1) is 0 Å². The van der Waals surface area contributed by atoms with Crippen molar-refractivity contribution in [3.63, 3.8) is 0 Å². The Bertz CT molecular complexity index is 638. The molecule has 0 aliphatic heterocycles. The van der Waals surface area contributed by atoms with Gasteiger partial charge in [0.1, 0.15) is 4.21 Å². The van der Waals surface area contributed by atoms with Gasteiger partial charge in [-0.25, -0.2) is 13.1 Å². The van der Waals surface area contributed by atoms with Crippen LogP contribution in [0.1, 0.15) is 13.8 Å². The maximum absolute atomic E-state index is 12.0. The van der Waals surface area contributed by atoms with Crippen LogP contribution in [0, 0.1) is 10.1 Å². The summed E-state index contributed by atoms with van der Waals surface area (Å²) in [5, 5.41) is 16.0. The number of nitro groups is 1. The molecule has 21 heavy (non-hydrogen) atoms. The van der Waals surface area contributed by atoms with Crippen LogP contribution in [0.25, 0.3) is 0 Å². The number of carbonyl (C=O) groups excluding carboxylic acids is 1. The lowest BCUT2D eigenvalue weighted by atomic mass is 10.4. The normalized spacial score (nSPS) is 11.4. The minimum absolute atomic E-state index is 0.110. The highest BCUT2D eigenvalue weighted by Gasteiger charge is 2.26. The third-order valence-electron chi connectivity index (χ3n) is 2.25. The molecule has 0 atom stereocenters. The van der Waals surface area contributed by atoms with Gasteiger partial charge in [0.15, 0.2) is 5.00 Å². The van der Waals surface area contributed by atoms with E-state index in [9.17, 15) is 23.3 Å². The lowest BCUT2D eigenvalue weighted by Crippen LogP contribution is -2.39. The second-order valence-corrected chi connectivity index (χ2v) is 7.38. The average molecular weight is 336 g/mol. The Morgan fingerprint density at radius 3 is 2.52 bits per heavy atom. The second-order valence-electron chi connectivity index (χ2n) is 4.33. The zero-order valence-electron chi connectivity index (χ0n) is 11.7. The molecule has 0 bridgehead atoms. The predicted molar refractivity (Wildman–Crippen MR) is 79.0 cm³/mol. The number of hydrogen-bond donors (Lipinski definition) is 3. The average Bonchev–Trinajstić information content (AvgIpc) is 2.80. The summed E-state index contributed by atoms with van der Waals surface area (Å²) in [7, 11) is -2.52. The monoisotopic (exact) mass is 336 g/mol. The fourth-order valence-electron chi connectivity index (χ4n) is 1.41.